The third-order valence-electron chi connectivity index (χ3n) is 3.32. The predicted octanol–water partition coefficient (Wildman–Crippen LogP) is 4.90. The van der Waals surface area contributed by atoms with Crippen molar-refractivity contribution in [3.8, 4) is 0 Å². The third-order valence-corrected chi connectivity index (χ3v) is 3.79. The maximum Gasteiger partial charge on any atom is 0.275 e. The van der Waals surface area contributed by atoms with Crippen molar-refractivity contribution < 1.29 is 4.92 Å². The lowest BCUT2D eigenvalue weighted by molar-refractivity contribution is -0.385. The summed E-state index contributed by atoms with van der Waals surface area (Å²) in [5.41, 5.74) is 1.56. The van der Waals surface area contributed by atoms with Gasteiger partial charge in [0, 0.05) is 33.4 Å². The van der Waals surface area contributed by atoms with E-state index < -0.39 is 4.92 Å². The van der Waals surface area contributed by atoms with Crippen LogP contribution in [-0.2, 0) is 6.54 Å². The van der Waals surface area contributed by atoms with Gasteiger partial charge >= 0.3 is 0 Å². The first kappa shape index (κ1) is 13.9. The quantitative estimate of drug-likeness (QED) is 0.508. The molecule has 2 aromatic carbocycles. The second-order valence-corrected chi connectivity index (χ2v) is 5.55. The summed E-state index contributed by atoms with van der Waals surface area (Å²) >= 11 is 11.8. The summed E-state index contributed by atoms with van der Waals surface area (Å²) in [7, 11) is 0. The summed E-state index contributed by atoms with van der Waals surface area (Å²) in [6.45, 7) is 0.386. The van der Waals surface area contributed by atoms with Crippen molar-refractivity contribution in [2.45, 2.75) is 6.54 Å². The highest BCUT2D eigenvalue weighted by molar-refractivity contribution is 6.31. The molecule has 6 heteroatoms. The number of hydrogen-bond acceptors (Lipinski definition) is 2. The van der Waals surface area contributed by atoms with Crippen LogP contribution in [0.5, 0.6) is 0 Å². The first-order valence-corrected chi connectivity index (χ1v) is 6.97. The molecule has 106 valence electrons. The molecule has 0 spiro atoms. The van der Waals surface area contributed by atoms with E-state index in [0.29, 0.717) is 22.2 Å². The predicted molar refractivity (Wildman–Crippen MR) is 84.2 cm³/mol. The molecule has 0 aliphatic rings. The number of rotatable bonds is 3. The Bertz CT molecular complexity index is 843. The second kappa shape index (κ2) is 5.39. The number of aromatic nitrogens is 1. The van der Waals surface area contributed by atoms with Crippen LogP contribution in [0.15, 0.2) is 48.7 Å². The third kappa shape index (κ3) is 2.73. The molecule has 0 aliphatic heterocycles. The van der Waals surface area contributed by atoms with Gasteiger partial charge < -0.3 is 4.57 Å². The van der Waals surface area contributed by atoms with Crippen LogP contribution >= 0.6 is 23.2 Å². The Balaban J connectivity index is 2.06. The van der Waals surface area contributed by atoms with Crippen molar-refractivity contribution in [3.05, 3.63) is 74.4 Å². The van der Waals surface area contributed by atoms with Crippen molar-refractivity contribution in [2.24, 2.45) is 0 Å². The van der Waals surface area contributed by atoms with Gasteiger partial charge in [-0.15, -0.1) is 0 Å². The molecule has 0 saturated heterocycles. The molecule has 0 fully saturated rings. The van der Waals surface area contributed by atoms with Crippen molar-refractivity contribution in [2.75, 3.05) is 0 Å². The van der Waals surface area contributed by atoms with Crippen molar-refractivity contribution in [1.29, 1.82) is 0 Å². The Morgan fingerprint density at radius 1 is 1.05 bits per heavy atom. The van der Waals surface area contributed by atoms with Gasteiger partial charge in [0.1, 0.15) is 0 Å². The summed E-state index contributed by atoms with van der Waals surface area (Å²) in [6.07, 6.45) is 1.89. The lowest BCUT2D eigenvalue weighted by atomic mass is 10.1. The largest absolute Gasteiger partial charge is 0.343 e. The van der Waals surface area contributed by atoms with E-state index in [1.807, 2.05) is 35.0 Å². The Kier molecular flexibility index (Phi) is 3.57. The smallest absolute Gasteiger partial charge is 0.275 e. The van der Waals surface area contributed by atoms with Crippen LogP contribution in [0.25, 0.3) is 10.9 Å². The Hall–Kier alpha value is -2.04. The molecule has 0 bridgehead atoms. The minimum absolute atomic E-state index is 0.0198. The first-order chi connectivity index (χ1) is 10.0. The van der Waals surface area contributed by atoms with Gasteiger partial charge in [-0.2, -0.15) is 0 Å². The standard InChI is InChI=1S/C15H10Cl2N2O2/c16-12-3-1-10-5-6-18(14(10)7-12)9-11-2-4-13(17)8-15(11)19(20)21/h1-8H,9H2. The van der Waals surface area contributed by atoms with Gasteiger partial charge in [-0.1, -0.05) is 29.3 Å². The molecule has 0 atom stereocenters. The molecule has 0 amide bonds. The normalized spacial score (nSPS) is 11.0. The lowest BCUT2D eigenvalue weighted by Gasteiger charge is -2.07. The molecule has 0 N–H and O–H groups in total. The number of nitro benzene ring substituents is 1. The van der Waals surface area contributed by atoms with Crippen LogP contribution in [0.3, 0.4) is 0 Å². The summed E-state index contributed by atoms with van der Waals surface area (Å²) < 4.78 is 1.93. The van der Waals surface area contributed by atoms with Gasteiger partial charge in [0.2, 0.25) is 0 Å². The molecular weight excluding hydrogens is 311 g/mol. The van der Waals surface area contributed by atoms with Gasteiger partial charge in [-0.05, 0) is 35.7 Å². The first-order valence-electron chi connectivity index (χ1n) is 6.22. The molecule has 3 aromatic rings. The van der Waals surface area contributed by atoms with E-state index in [2.05, 4.69) is 0 Å². The molecule has 1 heterocycles. The number of benzene rings is 2. The summed E-state index contributed by atoms with van der Waals surface area (Å²) in [5.74, 6) is 0. The monoisotopic (exact) mass is 320 g/mol. The Morgan fingerprint density at radius 2 is 1.76 bits per heavy atom. The minimum Gasteiger partial charge on any atom is -0.343 e. The number of hydrogen-bond donors (Lipinski definition) is 0. The molecule has 0 saturated carbocycles. The average Bonchev–Trinajstić information content (AvgIpc) is 2.83. The summed E-state index contributed by atoms with van der Waals surface area (Å²) in [4.78, 5) is 10.7. The lowest BCUT2D eigenvalue weighted by Crippen LogP contribution is -2.02. The molecule has 4 nitrogen and oxygen atoms in total. The Labute approximate surface area is 130 Å². The number of nitrogens with zero attached hydrogens (tertiary/aromatic N) is 2. The van der Waals surface area contributed by atoms with E-state index in [-0.39, 0.29) is 5.69 Å². The average molecular weight is 321 g/mol. The molecule has 21 heavy (non-hydrogen) atoms. The summed E-state index contributed by atoms with van der Waals surface area (Å²) in [6, 6.07) is 12.2. The van der Waals surface area contributed by atoms with Gasteiger partial charge in [0.25, 0.3) is 5.69 Å². The second-order valence-electron chi connectivity index (χ2n) is 4.68. The van der Waals surface area contributed by atoms with E-state index >= 15 is 0 Å². The fourth-order valence-electron chi connectivity index (χ4n) is 2.32. The zero-order valence-electron chi connectivity index (χ0n) is 10.8. The van der Waals surface area contributed by atoms with E-state index in [1.54, 1.807) is 12.1 Å². The molecule has 0 radical (unpaired) electrons. The van der Waals surface area contributed by atoms with E-state index in [0.717, 1.165) is 10.9 Å². The highest BCUT2D eigenvalue weighted by Gasteiger charge is 2.15. The number of fused-ring (bicyclic) bond motifs is 1. The fraction of sp³-hybridized carbons (Fsp3) is 0.0667. The van der Waals surface area contributed by atoms with E-state index in [9.17, 15) is 10.1 Å². The molecule has 0 unspecified atom stereocenters. The van der Waals surface area contributed by atoms with Gasteiger partial charge in [-0.3, -0.25) is 10.1 Å². The van der Waals surface area contributed by atoms with Crippen molar-refractivity contribution >= 4 is 39.8 Å². The number of halogens is 2. The van der Waals surface area contributed by atoms with Crippen molar-refractivity contribution in [3.63, 3.8) is 0 Å². The maximum absolute atomic E-state index is 11.1. The van der Waals surface area contributed by atoms with Gasteiger partial charge in [-0.25, -0.2) is 0 Å². The summed E-state index contributed by atoms with van der Waals surface area (Å²) in [5, 5.41) is 13.2. The van der Waals surface area contributed by atoms with Crippen LogP contribution < -0.4 is 0 Å². The van der Waals surface area contributed by atoms with Crippen LogP contribution in [0.4, 0.5) is 5.69 Å². The van der Waals surface area contributed by atoms with Crippen LogP contribution in [0.1, 0.15) is 5.56 Å². The topological polar surface area (TPSA) is 48.1 Å². The van der Waals surface area contributed by atoms with Crippen LogP contribution in [-0.4, -0.2) is 9.49 Å². The minimum atomic E-state index is -0.417. The van der Waals surface area contributed by atoms with Crippen LogP contribution in [0, 0.1) is 10.1 Å². The van der Waals surface area contributed by atoms with Gasteiger partial charge in [0.15, 0.2) is 0 Å². The zero-order valence-corrected chi connectivity index (χ0v) is 12.3. The molecule has 1 aromatic heterocycles. The molecular formula is C15H10Cl2N2O2. The zero-order chi connectivity index (χ0) is 15.0. The number of nitro groups is 1. The fourth-order valence-corrected chi connectivity index (χ4v) is 2.65. The molecule has 3 rings (SSSR count). The highest BCUT2D eigenvalue weighted by Crippen LogP contribution is 2.26. The van der Waals surface area contributed by atoms with E-state index in [4.69, 9.17) is 23.2 Å². The van der Waals surface area contributed by atoms with E-state index in [1.165, 1.54) is 6.07 Å². The Morgan fingerprint density at radius 3 is 2.52 bits per heavy atom. The SMILES string of the molecule is O=[N+]([O-])c1cc(Cl)ccc1Cn1ccc2ccc(Cl)cc21. The highest BCUT2D eigenvalue weighted by atomic mass is 35.5. The van der Waals surface area contributed by atoms with Gasteiger partial charge in [0.05, 0.1) is 11.5 Å². The maximum atomic E-state index is 11.1. The van der Waals surface area contributed by atoms with Crippen LogP contribution in [0.2, 0.25) is 10.0 Å². The molecule has 0 aliphatic carbocycles. The van der Waals surface area contributed by atoms with Crippen molar-refractivity contribution in [1.82, 2.24) is 4.57 Å².